The van der Waals surface area contributed by atoms with Crippen LogP contribution in [0.2, 0.25) is 0 Å². The summed E-state index contributed by atoms with van der Waals surface area (Å²) in [5.41, 5.74) is 0.724. The molecule has 0 saturated carbocycles. The number of aromatic nitrogens is 1. The SMILES string of the molecule is Cc1ccc(C(=O)c2cccc3ccncc23)s1. The number of aryl methyl sites for hydroxylation is 1. The Hall–Kier alpha value is -2.00. The molecule has 18 heavy (non-hydrogen) atoms. The third-order valence-electron chi connectivity index (χ3n) is 2.89. The molecule has 0 aliphatic heterocycles. The number of pyridine rings is 1. The molecule has 1 aromatic carbocycles. The highest BCUT2D eigenvalue weighted by Gasteiger charge is 2.13. The van der Waals surface area contributed by atoms with E-state index in [0.717, 1.165) is 26.1 Å². The molecule has 0 atom stereocenters. The number of hydrogen-bond acceptors (Lipinski definition) is 3. The number of thiophene rings is 1. The zero-order valence-electron chi connectivity index (χ0n) is 9.88. The predicted molar refractivity (Wildman–Crippen MR) is 74.2 cm³/mol. The lowest BCUT2D eigenvalue weighted by Gasteiger charge is -2.03. The summed E-state index contributed by atoms with van der Waals surface area (Å²) < 4.78 is 0. The van der Waals surface area contributed by atoms with Gasteiger partial charge in [-0.3, -0.25) is 9.78 Å². The van der Waals surface area contributed by atoms with Gasteiger partial charge in [0.2, 0.25) is 5.78 Å². The zero-order valence-corrected chi connectivity index (χ0v) is 10.7. The van der Waals surface area contributed by atoms with Gasteiger partial charge in [-0.2, -0.15) is 0 Å². The van der Waals surface area contributed by atoms with Crippen LogP contribution in [0.5, 0.6) is 0 Å². The molecular weight excluding hydrogens is 242 g/mol. The average molecular weight is 253 g/mol. The van der Waals surface area contributed by atoms with Gasteiger partial charge in [0.1, 0.15) is 0 Å². The minimum atomic E-state index is 0.0756. The van der Waals surface area contributed by atoms with Gasteiger partial charge in [0.25, 0.3) is 0 Å². The van der Waals surface area contributed by atoms with E-state index < -0.39 is 0 Å². The Morgan fingerprint density at radius 2 is 2.06 bits per heavy atom. The molecule has 0 unspecified atom stereocenters. The van der Waals surface area contributed by atoms with Gasteiger partial charge >= 0.3 is 0 Å². The standard InChI is InChI=1S/C15H11NOS/c1-10-5-6-14(18-10)15(17)12-4-2-3-11-7-8-16-9-13(11)12/h2-9H,1H3. The summed E-state index contributed by atoms with van der Waals surface area (Å²) in [6, 6.07) is 11.6. The number of rotatable bonds is 2. The summed E-state index contributed by atoms with van der Waals surface area (Å²) in [6.45, 7) is 2.01. The van der Waals surface area contributed by atoms with E-state index >= 15 is 0 Å². The Bertz CT molecular complexity index is 725. The summed E-state index contributed by atoms with van der Waals surface area (Å²) in [5.74, 6) is 0.0756. The molecule has 0 N–H and O–H groups in total. The molecule has 0 bridgehead atoms. The first-order valence-corrected chi connectivity index (χ1v) is 6.51. The minimum absolute atomic E-state index is 0.0756. The molecule has 0 spiro atoms. The maximum absolute atomic E-state index is 12.5. The molecule has 3 rings (SSSR count). The van der Waals surface area contributed by atoms with Crippen molar-refractivity contribution >= 4 is 27.9 Å². The van der Waals surface area contributed by atoms with Crippen molar-refractivity contribution in [3.63, 3.8) is 0 Å². The number of carbonyl (C=O) groups is 1. The van der Waals surface area contributed by atoms with Crippen molar-refractivity contribution < 1.29 is 4.79 Å². The van der Waals surface area contributed by atoms with E-state index in [1.807, 2.05) is 43.3 Å². The van der Waals surface area contributed by atoms with Crippen LogP contribution in [-0.4, -0.2) is 10.8 Å². The van der Waals surface area contributed by atoms with E-state index in [1.165, 1.54) is 11.3 Å². The van der Waals surface area contributed by atoms with Crippen LogP contribution < -0.4 is 0 Å². The van der Waals surface area contributed by atoms with Gasteiger partial charge in [-0.05, 0) is 30.5 Å². The highest BCUT2D eigenvalue weighted by Crippen LogP contribution is 2.24. The quantitative estimate of drug-likeness (QED) is 0.649. The Labute approximate surface area is 109 Å². The summed E-state index contributed by atoms with van der Waals surface area (Å²) in [7, 11) is 0. The second kappa shape index (κ2) is 4.35. The van der Waals surface area contributed by atoms with Crippen molar-refractivity contribution in [1.29, 1.82) is 0 Å². The van der Waals surface area contributed by atoms with Gasteiger partial charge in [-0.25, -0.2) is 0 Å². The van der Waals surface area contributed by atoms with E-state index in [4.69, 9.17) is 0 Å². The van der Waals surface area contributed by atoms with Crippen molar-refractivity contribution in [2.45, 2.75) is 6.92 Å². The summed E-state index contributed by atoms with van der Waals surface area (Å²) in [4.78, 5) is 18.5. The average Bonchev–Trinajstić information content (AvgIpc) is 2.84. The lowest BCUT2D eigenvalue weighted by Crippen LogP contribution is -1.99. The molecular formula is C15H11NOS. The second-order valence-corrected chi connectivity index (χ2v) is 5.43. The van der Waals surface area contributed by atoms with E-state index in [2.05, 4.69) is 4.98 Å². The van der Waals surface area contributed by atoms with E-state index in [0.29, 0.717) is 0 Å². The van der Waals surface area contributed by atoms with Gasteiger partial charge in [0.15, 0.2) is 0 Å². The summed E-state index contributed by atoms with van der Waals surface area (Å²) >= 11 is 1.53. The molecule has 2 heterocycles. The predicted octanol–water partition coefficient (Wildman–Crippen LogP) is 3.84. The fourth-order valence-electron chi connectivity index (χ4n) is 2.00. The van der Waals surface area contributed by atoms with E-state index in [9.17, 15) is 4.79 Å². The lowest BCUT2D eigenvalue weighted by atomic mass is 10.0. The van der Waals surface area contributed by atoms with Crippen LogP contribution in [0.4, 0.5) is 0 Å². The zero-order chi connectivity index (χ0) is 12.5. The van der Waals surface area contributed by atoms with Crippen LogP contribution in [0.15, 0.2) is 48.8 Å². The smallest absolute Gasteiger partial charge is 0.203 e. The fourth-order valence-corrected chi connectivity index (χ4v) is 2.82. The molecule has 88 valence electrons. The third kappa shape index (κ3) is 1.83. The number of nitrogens with zero attached hydrogens (tertiary/aromatic N) is 1. The van der Waals surface area contributed by atoms with Gasteiger partial charge in [0.05, 0.1) is 4.88 Å². The van der Waals surface area contributed by atoms with Crippen molar-refractivity contribution in [3.05, 3.63) is 64.1 Å². The van der Waals surface area contributed by atoms with Gasteiger partial charge in [0, 0.05) is 28.2 Å². The first-order chi connectivity index (χ1) is 8.75. The Morgan fingerprint density at radius 3 is 2.83 bits per heavy atom. The Morgan fingerprint density at radius 1 is 1.17 bits per heavy atom. The van der Waals surface area contributed by atoms with Gasteiger partial charge in [-0.1, -0.05) is 18.2 Å². The number of hydrogen-bond donors (Lipinski definition) is 0. The molecule has 2 aromatic heterocycles. The second-order valence-electron chi connectivity index (χ2n) is 4.14. The number of ketones is 1. The maximum Gasteiger partial charge on any atom is 0.203 e. The molecule has 0 fully saturated rings. The number of benzene rings is 1. The highest BCUT2D eigenvalue weighted by atomic mass is 32.1. The molecule has 3 heteroatoms. The number of fused-ring (bicyclic) bond motifs is 1. The van der Waals surface area contributed by atoms with Crippen molar-refractivity contribution in [2.24, 2.45) is 0 Å². The first-order valence-electron chi connectivity index (χ1n) is 5.69. The Balaban J connectivity index is 2.17. The van der Waals surface area contributed by atoms with Gasteiger partial charge in [-0.15, -0.1) is 11.3 Å². The summed E-state index contributed by atoms with van der Waals surface area (Å²) in [6.07, 6.45) is 3.49. The Kier molecular flexibility index (Phi) is 2.68. The van der Waals surface area contributed by atoms with Crippen LogP contribution in [0.3, 0.4) is 0 Å². The highest BCUT2D eigenvalue weighted by molar-refractivity contribution is 7.14. The minimum Gasteiger partial charge on any atom is -0.288 e. The van der Waals surface area contributed by atoms with Crippen LogP contribution in [0.1, 0.15) is 20.1 Å². The van der Waals surface area contributed by atoms with E-state index in [1.54, 1.807) is 12.4 Å². The molecule has 3 aromatic rings. The first kappa shape index (κ1) is 11.1. The monoisotopic (exact) mass is 253 g/mol. The normalized spacial score (nSPS) is 10.7. The number of carbonyl (C=O) groups excluding carboxylic acids is 1. The molecule has 2 nitrogen and oxygen atoms in total. The summed E-state index contributed by atoms with van der Waals surface area (Å²) in [5, 5.41) is 1.96. The maximum atomic E-state index is 12.5. The topological polar surface area (TPSA) is 30.0 Å². The molecule has 0 aliphatic rings. The molecule has 0 amide bonds. The van der Waals surface area contributed by atoms with Crippen LogP contribution in [-0.2, 0) is 0 Å². The van der Waals surface area contributed by atoms with Crippen LogP contribution >= 0.6 is 11.3 Å². The molecule has 0 saturated heterocycles. The van der Waals surface area contributed by atoms with Gasteiger partial charge < -0.3 is 0 Å². The molecule has 0 radical (unpaired) electrons. The van der Waals surface area contributed by atoms with Crippen molar-refractivity contribution in [3.8, 4) is 0 Å². The lowest BCUT2D eigenvalue weighted by molar-refractivity contribution is 0.104. The van der Waals surface area contributed by atoms with Crippen molar-refractivity contribution in [1.82, 2.24) is 4.98 Å². The van der Waals surface area contributed by atoms with Crippen LogP contribution in [0, 0.1) is 6.92 Å². The third-order valence-corrected chi connectivity index (χ3v) is 3.89. The molecule has 0 aliphatic carbocycles. The van der Waals surface area contributed by atoms with Crippen LogP contribution in [0.25, 0.3) is 10.8 Å². The largest absolute Gasteiger partial charge is 0.288 e. The van der Waals surface area contributed by atoms with Crippen molar-refractivity contribution in [2.75, 3.05) is 0 Å². The fraction of sp³-hybridized carbons (Fsp3) is 0.0667. The van der Waals surface area contributed by atoms with E-state index in [-0.39, 0.29) is 5.78 Å².